The zero-order valence-corrected chi connectivity index (χ0v) is 12.4. The van der Waals surface area contributed by atoms with Crippen LogP contribution in [0.1, 0.15) is 0 Å². The van der Waals surface area contributed by atoms with Gasteiger partial charge in [-0.15, -0.1) is 0 Å². The van der Waals surface area contributed by atoms with E-state index in [9.17, 15) is 9.50 Å². The van der Waals surface area contributed by atoms with E-state index in [1.54, 1.807) is 18.2 Å². The van der Waals surface area contributed by atoms with E-state index in [0.717, 1.165) is 0 Å². The predicted octanol–water partition coefficient (Wildman–Crippen LogP) is 4.60. The van der Waals surface area contributed by atoms with Gasteiger partial charge in [0.05, 0.1) is 21.5 Å². The Morgan fingerprint density at radius 1 is 1.25 bits per heavy atom. The average Bonchev–Trinajstić information content (AvgIpc) is 2.81. The van der Waals surface area contributed by atoms with E-state index in [2.05, 4.69) is 0 Å². The van der Waals surface area contributed by atoms with Gasteiger partial charge < -0.3 is 9.84 Å². The Labute approximate surface area is 129 Å². The minimum absolute atomic E-state index is 0.156. The van der Waals surface area contributed by atoms with E-state index in [1.807, 2.05) is 0 Å². The van der Waals surface area contributed by atoms with E-state index >= 15 is 0 Å². The Balaban J connectivity index is 2.21. The van der Waals surface area contributed by atoms with Gasteiger partial charge in [0.1, 0.15) is 11.6 Å². The van der Waals surface area contributed by atoms with Gasteiger partial charge in [0.25, 0.3) is 0 Å². The van der Waals surface area contributed by atoms with Crippen molar-refractivity contribution in [1.29, 1.82) is 0 Å². The molecule has 1 atom stereocenters. The first kappa shape index (κ1) is 14.0. The molecular weight excluding hydrogens is 322 g/mol. The van der Waals surface area contributed by atoms with Crippen LogP contribution in [0.25, 0.3) is 11.1 Å². The molecule has 2 aromatic carbocycles. The fourth-order valence-corrected chi connectivity index (χ4v) is 3.64. The number of thioether (sulfide) groups is 1. The first-order chi connectivity index (χ1) is 9.60. The maximum Gasteiger partial charge on any atom is 0.172 e. The second-order valence-corrected chi connectivity index (χ2v) is 6.24. The minimum Gasteiger partial charge on any atom is -0.475 e. The van der Waals surface area contributed by atoms with Crippen molar-refractivity contribution >= 4 is 35.0 Å². The fourth-order valence-electron chi connectivity index (χ4n) is 2.09. The molecule has 0 spiro atoms. The van der Waals surface area contributed by atoms with Crippen LogP contribution in [0.15, 0.2) is 35.2 Å². The van der Waals surface area contributed by atoms with E-state index in [0.29, 0.717) is 31.8 Å². The van der Waals surface area contributed by atoms with E-state index in [-0.39, 0.29) is 6.61 Å². The third-order valence-corrected chi connectivity index (χ3v) is 4.60. The number of benzene rings is 2. The molecule has 0 saturated carbocycles. The third kappa shape index (κ3) is 2.37. The van der Waals surface area contributed by atoms with Crippen LogP contribution < -0.4 is 4.74 Å². The Hall–Kier alpha value is -0.940. The summed E-state index contributed by atoms with van der Waals surface area (Å²) in [7, 11) is 0. The highest BCUT2D eigenvalue weighted by Gasteiger charge is 2.28. The Morgan fingerprint density at radius 3 is 2.60 bits per heavy atom. The largest absolute Gasteiger partial charge is 0.475 e. The molecule has 0 bridgehead atoms. The van der Waals surface area contributed by atoms with Gasteiger partial charge in [-0.2, -0.15) is 0 Å². The van der Waals surface area contributed by atoms with Crippen LogP contribution in [0.5, 0.6) is 5.75 Å². The molecule has 1 N–H and O–H groups in total. The number of aliphatic hydroxyl groups is 1. The molecule has 6 heteroatoms. The molecule has 3 rings (SSSR count). The number of aliphatic hydroxyl groups excluding tert-OH is 1. The lowest BCUT2D eigenvalue weighted by Crippen LogP contribution is -2.11. The summed E-state index contributed by atoms with van der Waals surface area (Å²) in [6.07, 6.45) is 0. The summed E-state index contributed by atoms with van der Waals surface area (Å²) in [4.78, 5) is 0.634. The van der Waals surface area contributed by atoms with Crippen LogP contribution in [-0.4, -0.2) is 17.1 Å². The fraction of sp³-hybridized carbons (Fsp3) is 0.143. The molecule has 2 aromatic rings. The van der Waals surface area contributed by atoms with Gasteiger partial charge in [-0.25, -0.2) is 4.39 Å². The minimum atomic E-state index is -0.438. The highest BCUT2D eigenvalue weighted by atomic mass is 35.5. The molecule has 0 saturated heterocycles. The first-order valence-corrected chi connectivity index (χ1v) is 7.46. The van der Waals surface area contributed by atoms with Crippen molar-refractivity contribution in [3.8, 4) is 16.9 Å². The number of ether oxygens (including phenoxy) is 1. The Bertz CT molecular complexity index is 658. The summed E-state index contributed by atoms with van der Waals surface area (Å²) >= 11 is 13.6. The standard InChI is InChI=1S/C14H9Cl2FO2S/c15-9-2-1-3-10(16)13(9)8-4-7(17)5-11-14(8)19-12(6-18)20-11/h1-5,12,18H,6H2. The zero-order chi connectivity index (χ0) is 14.3. The van der Waals surface area contributed by atoms with Gasteiger partial charge in [-0.3, -0.25) is 0 Å². The lowest BCUT2D eigenvalue weighted by atomic mass is 10.0. The highest BCUT2D eigenvalue weighted by molar-refractivity contribution is 8.00. The third-order valence-electron chi connectivity index (χ3n) is 2.91. The normalized spacial score (nSPS) is 16.9. The maximum atomic E-state index is 13.8. The Kier molecular flexibility index (Phi) is 3.82. The van der Waals surface area contributed by atoms with Crippen LogP contribution in [0.3, 0.4) is 0 Å². The number of hydrogen-bond donors (Lipinski definition) is 1. The van der Waals surface area contributed by atoms with Crippen molar-refractivity contribution in [3.05, 3.63) is 46.2 Å². The molecule has 1 aliphatic rings. The SMILES string of the molecule is OCC1Oc2c(cc(F)cc2-c2c(Cl)cccc2Cl)S1. The van der Waals surface area contributed by atoms with Crippen molar-refractivity contribution in [3.63, 3.8) is 0 Å². The smallest absolute Gasteiger partial charge is 0.172 e. The Morgan fingerprint density at radius 2 is 1.95 bits per heavy atom. The molecular formula is C14H9Cl2FO2S. The van der Waals surface area contributed by atoms with Gasteiger partial charge in [0, 0.05) is 11.1 Å². The van der Waals surface area contributed by atoms with Crippen LogP contribution in [0, 0.1) is 5.82 Å². The molecule has 2 nitrogen and oxygen atoms in total. The molecule has 0 aromatic heterocycles. The van der Waals surface area contributed by atoms with Crippen molar-refractivity contribution in [2.45, 2.75) is 10.3 Å². The van der Waals surface area contributed by atoms with Gasteiger partial charge in [0.15, 0.2) is 5.44 Å². The molecule has 0 fully saturated rings. The van der Waals surface area contributed by atoms with Gasteiger partial charge in [0.2, 0.25) is 0 Å². The maximum absolute atomic E-state index is 13.8. The van der Waals surface area contributed by atoms with E-state index < -0.39 is 11.3 Å². The van der Waals surface area contributed by atoms with Crippen molar-refractivity contribution in [1.82, 2.24) is 0 Å². The van der Waals surface area contributed by atoms with Gasteiger partial charge in [-0.05, 0) is 24.3 Å². The second-order valence-electron chi connectivity index (χ2n) is 4.23. The molecule has 104 valence electrons. The zero-order valence-electron chi connectivity index (χ0n) is 10.1. The van der Waals surface area contributed by atoms with Gasteiger partial charge >= 0.3 is 0 Å². The molecule has 20 heavy (non-hydrogen) atoms. The number of hydrogen-bond acceptors (Lipinski definition) is 3. The van der Waals surface area contributed by atoms with Crippen LogP contribution in [-0.2, 0) is 0 Å². The highest BCUT2D eigenvalue weighted by Crippen LogP contribution is 2.49. The molecule has 0 aliphatic carbocycles. The first-order valence-electron chi connectivity index (χ1n) is 5.82. The van der Waals surface area contributed by atoms with E-state index in [4.69, 9.17) is 27.9 Å². The average molecular weight is 331 g/mol. The topological polar surface area (TPSA) is 29.5 Å². The second kappa shape index (κ2) is 5.45. The predicted molar refractivity (Wildman–Crippen MR) is 79.2 cm³/mol. The van der Waals surface area contributed by atoms with Crippen molar-refractivity contribution in [2.75, 3.05) is 6.61 Å². The summed E-state index contributed by atoms with van der Waals surface area (Å²) in [5, 5.41) is 10.0. The van der Waals surface area contributed by atoms with Crippen LogP contribution in [0.2, 0.25) is 10.0 Å². The monoisotopic (exact) mass is 330 g/mol. The van der Waals surface area contributed by atoms with Crippen molar-refractivity contribution in [2.24, 2.45) is 0 Å². The summed E-state index contributed by atoms with van der Waals surface area (Å²) in [5.41, 5.74) is 0.594. The lowest BCUT2D eigenvalue weighted by Gasteiger charge is -2.12. The molecule has 1 heterocycles. The summed E-state index contributed by atoms with van der Waals surface area (Å²) in [6, 6.07) is 7.81. The number of fused-ring (bicyclic) bond motifs is 1. The van der Waals surface area contributed by atoms with Crippen molar-refractivity contribution < 1.29 is 14.2 Å². The summed E-state index contributed by atoms with van der Waals surface area (Å²) < 4.78 is 19.4. The number of rotatable bonds is 2. The van der Waals surface area contributed by atoms with Gasteiger partial charge in [-0.1, -0.05) is 41.0 Å². The molecule has 0 radical (unpaired) electrons. The number of halogens is 3. The van der Waals surface area contributed by atoms with Crippen LogP contribution in [0.4, 0.5) is 4.39 Å². The molecule has 1 unspecified atom stereocenters. The lowest BCUT2D eigenvalue weighted by molar-refractivity contribution is 0.182. The summed E-state index contributed by atoms with van der Waals surface area (Å²) in [5.74, 6) is 0.106. The summed E-state index contributed by atoms with van der Waals surface area (Å²) in [6.45, 7) is -0.156. The van der Waals surface area contributed by atoms with Crippen LogP contribution >= 0.6 is 35.0 Å². The van der Waals surface area contributed by atoms with E-state index in [1.165, 1.54) is 23.9 Å². The molecule has 1 aliphatic heterocycles. The quantitative estimate of drug-likeness (QED) is 0.872. The molecule has 0 amide bonds.